The fourth-order valence-electron chi connectivity index (χ4n) is 3.49. The van der Waals surface area contributed by atoms with Crippen molar-refractivity contribution in [2.24, 2.45) is 11.8 Å². The molecular weight excluding hydrogens is 264 g/mol. The van der Waals surface area contributed by atoms with Crippen LogP contribution < -0.4 is 5.32 Å². The maximum absolute atomic E-state index is 4.71. The second-order valence-corrected chi connectivity index (χ2v) is 7.62. The van der Waals surface area contributed by atoms with Crippen LogP contribution in [0.25, 0.3) is 0 Å². The zero-order valence-corrected chi connectivity index (χ0v) is 14.3. The van der Waals surface area contributed by atoms with E-state index in [1.54, 1.807) is 0 Å². The Kier molecular flexibility index (Phi) is 5.50. The van der Waals surface area contributed by atoms with Crippen LogP contribution in [0, 0.1) is 25.7 Å². The number of pyridine rings is 1. The highest BCUT2D eigenvalue weighted by Gasteiger charge is 2.34. The molecule has 0 aliphatic heterocycles. The molecular formula is C17H28N2S. The predicted octanol–water partition coefficient (Wildman–Crippen LogP) is 4.20. The fourth-order valence-corrected chi connectivity index (χ4v) is 4.94. The van der Waals surface area contributed by atoms with Gasteiger partial charge in [-0.05, 0) is 62.8 Å². The molecule has 0 spiro atoms. The van der Waals surface area contributed by atoms with Crippen molar-refractivity contribution in [2.75, 3.05) is 6.54 Å². The monoisotopic (exact) mass is 292 g/mol. The standard InChI is InChI=1S/C17H28N2S/c1-6-18-15-9-11(2)7-13(4)17(15)20-16-10-12(3)8-14(5)19-16/h8,10-11,13,15,17-18H,6-7,9H2,1-5H3. The summed E-state index contributed by atoms with van der Waals surface area (Å²) >= 11 is 1.98. The van der Waals surface area contributed by atoms with E-state index in [9.17, 15) is 0 Å². The minimum atomic E-state index is 0.617. The number of aryl methyl sites for hydroxylation is 2. The van der Waals surface area contributed by atoms with Crippen LogP contribution in [0.3, 0.4) is 0 Å². The fraction of sp³-hybridized carbons (Fsp3) is 0.706. The molecule has 1 aliphatic rings. The van der Waals surface area contributed by atoms with E-state index in [2.05, 4.69) is 52.1 Å². The number of hydrogen-bond donors (Lipinski definition) is 1. The van der Waals surface area contributed by atoms with Crippen LogP contribution in [0.4, 0.5) is 0 Å². The maximum Gasteiger partial charge on any atom is 0.0969 e. The molecule has 0 aromatic carbocycles. The Morgan fingerprint density at radius 1 is 1.25 bits per heavy atom. The minimum Gasteiger partial charge on any atom is -0.313 e. The van der Waals surface area contributed by atoms with Gasteiger partial charge in [0, 0.05) is 17.0 Å². The van der Waals surface area contributed by atoms with Crippen molar-refractivity contribution in [1.82, 2.24) is 10.3 Å². The van der Waals surface area contributed by atoms with Crippen molar-refractivity contribution in [3.05, 3.63) is 23.4 Å². The van der Waals surface area contributed by atoms with Gasteiger partial charge in [-0.15, -0.1) is 11.8 Å². The summed E-state index contributed by atoms with van der Waals surface area (Å²) in [5.41, 5.74) is 2.45. The van der Waals surface area contributed by atoms with Gasteiger partial charge in [0.2, 0.25) is 0 Å². The highest BCUT2D eigenvalue weighted by atomic mass is 32.2. The smallest absolute Gasteiger partial charge is 0.0969 e. The number of nitrogens with one attached hydrogen (secondary N) is 1. The van der Waals surface area contributed by atoms with Crippen LogP contribution in [-0.4, -0.2) is 22.8 Å². The summed E-state index contributed by atoms with van der Waals surface area (Å²) in [6, 6.07) is 5.00. The van der Waals surface area contributed by atoms with E-state index in [1.165, 1.54) is 23.4 Å². The molecule has 20 heavy (non-hydrogen) atoms. The molecule has 3 heteroatoms. The number of aromatic nitrogens is 1. The molecule has 1 N–H and O–H groups in total. The van der Waals surface area contributed by atoms with Crippen molar-refractivity contribution in [1.29, 1.82) is 0 Å². The summed E-state index contributed by atoms with van der Waals surface area (Å²) in [5.74, 6) is 1.58. The molecule has 0 radical (unpaired) electrons. The molecule has 0 saturated heterocycles. The van der Waals surface area contributed by atoms with Crippen LogP contribution in [0.15, 0.2) is 17.2 Å². The van der Waals surface area contributed by atoms with Crippen molar-refractivity contribution in [3.8, 4) is 0 Å². The van der Waals surface area contributed by atoms with Gasteiger partial charge < -0.3 is 5.32 Å². The molecule has 1 aliphatic carbocycles. The van der Waals surface area contributed by atoms with E-state index >= 15 is 0 Å². The summed E-state index contributed by atoms with van der Waals surface area (Å²) in [6.07, 6.45) is 2.63. The van der Waals surface area contributed by atoms with Gasteiger partial charge >= 0.3 is 0 Å². The lowest BCUT2D eigenvalue weighted by Crippen LogP contribution is -2.46. The molecule has 0 bridgehead atoms. The summed E-state index contributed by atoms with van der Waals surface area (Å²) in [6.45, 7) is 12.3. The van der Waals surface area contributed by atoms with Gasteiger partial charge in [-0.2, -0.15) is 0 Å². The Labute approximate surface area is 128 Å². The summed E-state index contributed by atoms with van der Waals surface area (Å²) in [7, 11) is 0. The normalized spacial score (nSPS) is 30.4. The SMILES string of the molecule is CCNC1CC(C)CC(C)C1Sc1cc(C)cc(C)n1. The van der Waals surface area contributed by atoms with Crippen molar-refractivity contribution < 1.29 is 0 Å². The molecule has 2 rings (SSSR count). The molecule has 112 valence electrons. The first kappa shape index (κ1) is 15.8. The third-order valence-electron chi connectivity index (χ3n) is 4.19. The summed E-state index contributed by atoms with van der Waals surface area (Å²) in [4.78, 5) is 4.71. The average Bonchev–Trinajstić information content (AvgIpc) is 2.32. The largest absolute Gasteiger partial charge is 0.313 e. The highest BCUT2D eigenvalue weighted by Crippen LogP contribution is 2.39. The lowest BCUT2D eigenvalue weighted by atomic mass is 9.80. The van der Waals surface area contributed by atoms with Crippen LogP contribution in [0.2, 0.25) is 0 Å². The second kappa shape index (κ2) is 6.95. The Morgan fingerprint density at radius 3 is 2.65 bits per heavy atom. The first-order valence-electron chi connectivity index (χ1n) is 7.85. The highest BCUT2D eigenvalue weighted by molar-refractivity contribution is 7.99. The molecule has 1 aromatic rings. The molecule has 1 saturated carbocycles. The van der Waals surface area contributed by atoms with E-state index in [0.717, 1.165) is 24.1 Å². The van der Waals surface area contributed by atoms with Gasteiger partial charge in [0.15, 0.2) is 0 Å². The molecule has 4 atom stereocenters. The zero-order chi connectivity index (χ0) is 14.7. The number of nitrogens with zero attached hydrogens (tertiary/aromatic N) is 1. The van der Waals surface area contributed by atoms with E-state index in [4.69, 9.17) is 4.98 Å². The Bertz CT molecular complexity index is 426. The molecule has 2 nitrogen and oxygen atoms in total. The summed E-state index contributed by atoms with van der Waals surface area (Å²) in [5, 5.41) is 5.53. The summed E-state index contributed by atoms with van der Waals surface area (Å²) < 4.78 is 0. The third-order valence-corrected chi connectivity index (χ3v) is 5.70. The zero-order valence-electron chi connectivity index (χ0n) is 13.4. The Morgan fingerprint density at radius 2 is 2.00 bits per heavy atom. The van der Waals surface area contributed by atoms with Gasteiger partial charge in [-0.3, -0.25) is 0 Å². The number of thioether (sulfide) groups is 1. The predicted molar refractivity (Wildman–Crippen MR) is 88.4 cm³/mol. The third kappa shape index (κ3) is 3.98. The first-order valence-corrected chi connectivity index (χ1v) is 8.73. The van der Waals surface area contributed by atoms with Crippen molar-refractivity contribution >= 4 is 11.8 Å². The van der Waals surface area contributed by atoms with E-state index < -0.39 is 0 Å². The van der Waals surface area contributed by atoms with E-state index in [-0.39, 0.29) is 0 Å². The first-order chi connectivity index (χ1) is 9.49. The molecule has 1 aromatic heterocycles. The lowest BCUT2D eigenvalue weighted by Gasteiger charge is -2.39. The van der Waals surface area contributed by atoms with Crippen LogP contribution >= 0.6 is 11.8 Å². The molecule has 1 heterocycles. The molecule has 1 fully saturated rings. The Balaban J connectivity index is 2.15. The van der Waals surface area contributed by atoms with Crippen LogP contribution in [0.5, 0.6) is 0 Å². The van der Waals surface area contributed by atoms with Crippen molar-refractivity contribution in [2.45, 2.75) is 63.8 Å². The number of hydrogen-bond acceptors (Lipinski definition) is 3. The van der Waals surface area contributed by atoms with Gasteiger partial charge in [0.1, 0.15) is 0 Å². The van der Waals surface area contributed by atoms with Gasteiger partial charge in [0.25, 0.3) is 0 Å². The molecule has 0 amide bonds. The molecule has 4 unspecified atom stereocenters. The average molecular weight is 292 g/mol. The van der Waals surface area contributed by atoms with E-state index in [0.29, 0.717) is 11.3 Å². The Hall–Kier alpha value is -0.540. The maximum atomic E-state index is 4.71. The second-order valence-electron chi connectivity index (χ2n) is 6.42. The topological polar surface area (TPSA) is 24.9 Å². The van der Waals surface area contributed by atoms with E-state index in [1.807, 2.05) is 11.8 Å². The quantitative estimate of drug-likeness (QED) is 0.900. The van der Waals surface area contributed by atoms with Crippen molar-refractivity contribution in [3.63, 3.8) is 0 Å². The minimum absolute atomic E-state index is 0.617. The van der Waals surface area contributed by atoms with Gasteiger partial charge in [0.05, 0.1) is 5.03 Å². The van der Waals surface area contributed by atoms with Gasteiger partial charge in [-0.25, -0.2) is 4.98 Å². The van der Waals surface area contributed by atoms with Crippen LogP contribution in [0.1, 0.15) is 44.9 Å². The lowest BCUT2D eigenvalue weighted by molar-refractivity contribution is 0.251. The van der Waals surface area contributed by atoms with Crippen LogP contribution in [-0.2, 0) is 0 Å². The van der Waals surface area contributed by atoms with Gasteiger partial charge in [-0.1, -0.05) is 20.8 Å². The number of rotatable bonds is 4.